The van der Waals surface area contributed by atoms with Gasteiger partial charge in [-0.3, -0.25) is 0 Å². The Balaban J connectivity index is 0.00000161. The van der Waals surface area contributed by atoms with Crippen molar-refractivity contribution in [3.63, 3.8) is 0 Å². The third kappa shape index (κ3) is 3.49. The molecule has 108 valence electrons. The van der Waals surface area contributed by atoms with E-state index < -0.39 is 0 Å². The maximum Gasteiger partial charge on any atom is 0.121 e. The van der Waals surface area contributed by atoms with Gasteiger partial charge >= 0.3 is 0 Å². The predicted octanol–water partition coefficient (Wildman–Crippen LogP) is 3.92. The average molecular weight is 281 g/mol. The summed E-state index contributed by atoms with van der Waals surface area (Å²) < 4.78 is 7.70. The molecule has 0 aliphatic carbocycles. The lowest BCUT2D eigenvalue weighted by Crippen LogP contribution is -2.00. The standard InChI is InChI=1S/C17H16N2O.H3N/c1-14-8-9-16(12-17(14)19-11-5-10-18-19)20-13-15-6-3-2-4-7-15;/h2-12H,13H2,1H3;1H3. The van der Waals surface area contributed by atoms with Gasteiger partial charge in [0.25, 0.3) is 0 Å². The Morgan fingerprint density at radius 1 is 1.05 bits per heavy atom. The van der Waals surface area contributed by atoms with Crippen molar-refractivity contribution in [1.82, 2.24) is 15.9 Å². The number of aromatic nitrogens is 2. The molecule has 0 amide bonds. The van der Waals surface area contributed by atoms with Crippen molar-refractivity contribution >= 4 is 0 Å². The van der Waals surface area contributed by atoms with Crippen LogP contribution < -0.4 is 10.9 Å². The van der Waals surface area contributed by atoms with Gasteiger partial charge in [-0.1, -0.05) is 36.4 Å². The molecule has 0 aliphatic heterocycles. The fourth-order valence-electron chi connectivity index (χ4n) is 2.08. The van der Waals surface area contributed by atoms with Crippen LogP contribution in [0.25, 0.3) is 5.69 Å². The fourth-order valence-corrected chi connectivity index (χ4v) is 2.08. The third-order valence-corrected chi connectivity index (χ3v) is 3.18. The maximum atomic E-state index is 5.84. The van der Waals surface area contributed by atoms with Gasteiger partial charge in [-0.05, 0) is 30.2 Å². The second-order valence-corrected chi connectivity index (χ2v) is 4.67. The highest BCUT2D eigenvalue weighted by atomic mass is 16.5. The van der Waals surface area contributed by atoms with Crippen LogP contribution in [0.2, 0.25) is 0 Å². The van der Waals surface area contributed by atoms with E-state index in [1.54, 1.807) is 6.20 Å². The van der Waals surface area contributed by atoms with Crippen molar-refractivity contribution in [3.8, 4) is 11.4 Å². The van der Waals surface area contributed by atoms with Gasteiger partial charge in [0, 0.05) is 18.5 Å². The predicted molar refractivity (Wildman–Crippen MR) is 84.1 cm³/mol. The van der Waals surface area contributed by atoms with E-state index in [-0.39, 0.29) is 6.15 Å². The van der Waals surface area contributed by atoms with Gasteiger partial charge in [-0.15, -0.1) is 0 Å². The molecular weight excluding hydrogens is 262 g/mol. The Labute approximate surface area is 124 Å². The van der Waals surface area contributed by atoms with Crippen molar-refractivity contribution in [2.24, 2.45) is 0 Å². The Morgan fingerprint density at radius 3 is 2.57 bits per heavy atom. The lowest BCUT2D eigenvalue weighted by molar-refractivity contribution is 0.306. The van der Waals surface area contributed by atoms with Crippen LogP contribution >= 0.6 is 0 Å². The van der Waals surface area contributed by atoms with E-state index >= 15 is 0 Å². The summed E-state index contributed by atoms with van der Waals surface area (Å²) in [6.45, 7) is 2.64. The van der Waals surface area contributed by atoms with Crippen LogP contribution in [0, 0.1) is 6.92 Å². The highest BCUT2D eigenvalue weighted by molar-refractivity contribution is 5.45. The summed E-state index contributed by atoms with van der Waals surface area (Å²) >= 11 is 0. The summed E-state index contributed by atoms with van der Waals surface area (Å²) in [6.07, 6.45) is 3.71. The monoisotopic (exact) mass is 281 g/mol. The van der Waals surface area contributed by atoms with Crippen molar-refractivity contribution in [3.05, 3.63) is 78.1 Å². The Hall–Kier alpha value is -2.59. The summed E-state index contributed by atoms with van der Waals surface area (Å²) in [7, 11) is 0. The van der Waals surface area contributed by atoms with Gasteiger partial charge in [0.2, 0.25) is 0 Å². The summed E-state index contributed by atoms with van der Waals surface area (Å²) in [4.78, 5) is 0. The average Bonchev–Trinajstić information content (AvgIpc) is 3.01. The van der Waals surface area contributed by atoms with Gasteiger partial charge in [0.1, 0.15) is 12.4 Å². The fraction of sp³-hybridized carbons (Fsp3) is 0.118. The maximum absolute atomic E-state index is 5.84. The summed E-state index contributed by atoms with van der Waals surface area (Å²) in [5.74, 6) is 0.852. The van der Waals surface area contributed by atoms with Gasteiger partial charge in [-0.25, -0.2) is 4.68 Å². The van der Waals surface area contributed by atoms with Crippen LogP contribution in [-0.2, 0) is 6.61 Å². The SMILES string of the molecule is Cc1ccc(OCc2ccccc2)cc1-n1cccn1.N. The minimum absolute atomic E-state index is 0. The largest absolute Gasteiger partial charge is 0.489 e. The summed E-state index contributed by atoms with van der Waals surface area (Å²) in [6, 6.07) is 18.1. The number of rotatable bonds is 4. The van der Waals surface area contributed by atoms with Crippen LogP contribution in [0.3, 0.4) is 0 Å². The number of benzene rings is 2. The Bertz CT molecular complexity index is 679. The van der Waals surface area contributed by atoms with Crippen LogP contribution in [0.1, 0.15) is 11.1 Å². The van der Waals surface area contributed by atoms with Crippen LogP contribution in [0.5, 0.6) is 5.75 Å². The number of hydrogen-bond donors (Lipinski definition) is 1. The molecule has 3 N–H and O–H groups in total. The molecule has 4 nitrogen and oxygen atoms in total. The van der Waals surface area contributed by atoms with Crippen LogP contribution in [-0.4, -0.2) is 9.78 Å². The number of nitrogens with zero attached hydrogens (tertiary/aromatic N) is 2. The van der Waals surface area contributed by atoms with Gasteiger partial charge in [-0.2, -0.15) is 5.10 Å². The zero-order valence-electron chi connectivity index (χ0n) is 12.1. The van der Waals surface area contributed by atoms with E-state index in [0.717, 1.165) is 17.0 Å². The Morgan fingerprint density at radius 2 is 1.86 bits per heavy atom. The normalized spacial score (nSPS) is 9.95. The molecule has 3 aromatic rings. The molecule has 0 saturated heterocycles. The quantitative estimate of drug-likeness (QED) is 0.788. The molecule has 0 unspecified atom stereocenters. The van der Waals surface area contributed by atoms with Crippen LogP contribution in [0.15, 0.2) is 67.0 Å². The van der Waals surface area contributed by atoms with E-state index in [1.807, 2.05) is 47.3 Å². The molecule has 2 aromatic carbocycles. The minimum atomic E-state index is 0. The molecule has 0 radical (unpaired) electrons. The smallest absolute Gasteiger partial charge is 0.121 e. The zero-order valence-corrected chi connectivity index (χ0v) is 12.1. The van der Waals surface area contributed by atoms with Gasteiger partial charge < -0.3 is 10.9 Å². The molecule has 1 aromatic heterocycles. The zero-order chi connectivity index (χ0) is 13.8. The van der Waals surface area contributed by atoms with Crippen molar-refractivity contribution in [1.29, 1.82) is 0 Å². The summed E-state index contributed by atoms with van der Waals surface area (Å²) in [5.41, 5.74) is 3.37. The van der Waals surface area contributed by atoms with Crippen LogP contribution in [0.4, 0.5) is 0 Å². The molecule has 3 rings (SSSR count). The van der Waals surface area contributed by atoms with Crippen molar-refractivity contribution < 1.29 is 4.74 Å². The molecule has 0 spiro atoms. The second-order valence-electron chi connectivity index (χ2n) is 4.67. The highest BCUT2D eigenvalue weighted by Gasteiger charge is 2.04. The highest BCUT2D eigenvalue weighted by Crippen LogP contribution is 2.21. The number of aryl methyl sites for hydroxylation is 1. The van der Waals surface area contributed by atoms with Crippen molar-refractivity contribution in [2.45, 2.75) is 13.5 Å². The molecule has 0 aliphatic rings. The molecule has 1 heterocycles. The molecule has 21 heavy (non-hydrogen) atoms. The first kappa shape index (κ1) is 14.8. The molecule has 0 fully saturated rings. The lowest BCUT2D eigenvalue weighted by atomic mass is 10.2. The Kier molecular flexibility index (Phi) is 4.74. The molecule has 4 heteroatoms. The van der Waals surface area contributed by atoms with E-state index in [9.17, 15) is 0 Å². The first-order valence-corrected chi connectivity index (χ1v) is 6.60. The van der Waals surface area contributed by atoms with E-state index in [0.29, 0.717) is 6.61 Å². The summed E-state index contributed by atoms with van der Waals surface area (Å²) in [5, 5.41) is 4.27. The van der Waals surface area contributed by atoms with E-state index in [4.69, 9.17) is 4.74 Å². The molecule has 0 saturated carbocycles. The first-order chi connectivity index (χ1) is 9.83. The van der Waals surface area contributed by atoms with Gasteiger partial charge in [0.15, 0.2) is 0 Å². The topological polar surface area (TPSA) is 62.0 Å². The van der Waals surface area contributed by atoms with E-state index in [1.165, 1.54) is 5.56 Å². The number of ether oxygens (including phenoxy) is 1. The van der Waals surface area contributed by atoms with Gasteiger partial charge in [0.05, 0.1) is 5.69 Å². The lowest BCUT2D eigenvalue weighted by Gasteiger charge is -2.10. The second kappa shape index (κ2) is 6.72. The van der Waals surface area contributed by atoms with E-state index in [2.05, 4.69) is 30.2 Å². The first-order valence-electron chi connectivity index (χ1n) is 6.60. The number of hydrogen-bond acceptors (Lipinski definition) is 3. The third-order valence-electron chi connectivity index (χ3n) is 3.18. The minimum Gasteiger partial charge on any atom is -0.489 e. The molecule has 0 atom stereocenters. The molecular formula is C17H19N3O. The molecule has 0 bridgehead atoms. The van der Waals surface area contributed by atoms with Crippen molar-refractivity contribution in [2.75, 3.05) is 0 Å².